The zero-order valence-corrected chi connectivity index (χ0v) is 10.6. The molecule has 1 atom stereocenters. The molecular weight excluding hydrogens is 210 g/mol. The van der Waals surface area contributed by atoms with Gasteiger partial charge in [-0.2, -0.15) is 0 Å². The van der Waals surface area contributed by atoms with E-state index in [4.69, 9.17) is 4.74 Å². The highest BCUT2D eigenvalue weighted by molar-refractivity contribution is 5.84. The number of methoxy groups -OCH3 is 1. The van der Waals surface area contributed by atoms with Crippen molar-refractivity contribution in [1.82, 2.24) is 0 Å². The largest absolute Gasteiger partial charge is 0.496 e. The number of hydrogen-bond acceptors (Lipinski definition) is 2. The molecule has 17 heavy (non-hydrogen) atoms. The van der Waals surface area contributed by atoms with E-state index in [1.54, 1.807) is 7.11 Å². The Labute approximate surface area is 103 Å². The molecule has 2 aliphatic rings. The molecule has 2 nitrogen and oxygen atoms in total. The topological polar surface area (TPSA) is 21.6 Å². The van der Waals surface area contributed by atoms with Gasteiger partial charge in [0.2, 0.25) is 0 Å². The van der Waals surface area contributed by atoms with Gasteiger partial charge in [0.25, 0.3) is 0 Å². The number of fused-ring (bicyclic) bond motifs is 1. The second-order valence-electron chi connectivity index (χ2n) is 5.11. The fraction of sp³-hybridized carbons (Fsp3) is 0.533. The van der Waals surface area contributed by atoms with Crippen molar-refractivity contribution in [3.8, 4) is 5.75 Å². The van der Waals surface area contributed by atoms with Crippen LogP contribution in [0.25, 0.3) is 0 Å². The van der Waals surface area contributed by atoms with Gasteiger partial charge in [0.05, 0.1) is 13.2 Å². The van der Waals surface area contributed by atoms with Gasteiger partial charge in [-0.25, -0.2) is 0 Å². The Morgan fingerprint density at radius 1 is 1.35 bits per heavy atom. The summed E-state index contributed by atoms with van der Waals surface area (Å²) < 4.78 is 5.54. The van der Waals surface area contributed by atoms with Gasteiger partial charge < -0.3 is 4.74 Å². The molecule has 2 heteroatoms. The SMILES string of the molecule is CC[C@H]1Cc2cc(OC)c(C3CC3)cc2C=N1. The summed E-state index contributed by atoms with van der Waals surface area (Å²) in [4.78, 5) is 4.60. The molecular formula is C15H19NO. The minimum absolute atomic E-state index is 0.457. The van der Waals surface area contributed by atoms with Crippen LogP contribution in [0, 0.1) is 0 Å². The Balaban J connectivity index is 2.01. The molecule has 1 aromatic carbocycles. The van der Waals surface area contributed by atoms with E-state index in [1.165, 1.54) is 29.5 Å². The third-order valence-corrected chi connectivity index (χ3v) is 3.86. The Kier molecular flexibility index (Phi) is 2.65. The lowest BCUT2D eigenvalue weighted by Crippen LogP contribution is -2.14. The third-order valence-electron chi connectivity index (χ3n) is 3.86. The number of rotatable bonds is 3. The van der Waals surface area contributed by atoms with E-state index < -0.39 is 0 Å². The number of ether oxygens (including phenoxy) is 1. The van der Waals surface area contributed by atoms with Crippen molar-refractivity contribution in [3.63, 3.8) is 0 Å². The van der Waals surface area contributed by atoms with Crippen LogP contribution in [-0.2, 0) is 6.42 Å². The average Bonchev–Trinajstić information content (AvgIpc) is 3.20. The predicted molar refractivity (Wildman–Crippen MR) is 70.3 cm³/mol. The molecule has 1 fully saturated rings. The van der Waals surface area contributed by atoms with E-state index >= 15 is 0 Å². The predicted octanol–water partition coefficient (Wildman–Crippen LogP) is 3.33. The molecule has 0 bridgehead atoms. The fourth-order valence-electron chi connectivity index (χ4n) is 2.59. The first-order valence-electron chi connectivity index (χ1n) is 6.55. The normalized spacial score (nSPS) is 22.4. The van der Waals surface area contributed by atoms with Gasteiger partial charge in [-0.05, 0) is 60.4 Å². The van der Waals surface area contributed by atoms with Crippen LogP contribution in [0.4, 0.5) is 0 Å². The lowest BCUT2D eigenvalue weighted by molar-refractivity contribution is 0.409. The molecule has 0 saturated heterocycles. The van der Waals surface area contributed by atoms with Crippen LogP contribution in [0.1, 0.15) is 48.8 Å². The van der Waals surface area contributed by atoms with Crippen LogP contribution < -0.4 is 4.74 Å². The first kappa shape index (κ1) is 10.8. The lowest BCUT2D eigenvalue weighted by Gasteiger charge is -2.20. The van der Waals surface area contributed by atoms with E-state index in [1.807, 2.05) is 0 Å². The summed E-state index contributed by atoms with van der Waals surface area (Å²) >= 11 is 0. The van der Waals surface area contributed by atoms with E-state index in [0.29, 0.717) is 6.04 Å². The molecule has 0 amide bonds. The molecule has 1 saturated carbocycles. The minimum atomic E-state index is 0.457. The van der Waals surface area contributed by atoms with Crippen LogP contribution in [0.3, 0.4) is 0 Å². The van der Waals surface area contributed by atoms with E-state index in [-0.39, 0.29) is 0 Å². The Morgan fingerprint density at radius 2 is 2.18 bits per heavy atom. The molecule has 1 aliphatic carbocycles. The monoisotopic (exact) mass is 229 g/mol. The molecule has 0 aromatic heterocycles. The van der Waals surface area contributed by atoms with Crippen LogP contribution in [0.5, 0.6) is 5.75 Å². The summed E-state index contributed by atoms with van der Waals surface area (Å²) in [5, 5.41) is 0. The van der Waals surface area contributed by atoms with Crippen molar-refractivity contribution in [2.45, 2.75) is 44.6 Å². The van der Waals surface area contributed by atoms with Gasteiger partial charge in [-0.1, -0.05) is 6.92 Å². The molecule has 90 valence electrons. The third kappa shape index (κ3) is 1.97. The maximum absolute atomic E-state index is 5.54. The van der Waals surface area contributed by atoms with Crippen molar-refractivity contribution >= 4 is 6.21 Å². The summed E-state index contributed by atoms with van der Waals surface area (Å²) in [5.41, 5.74) is 4.08. The molecule has 1 aliphatic heterocycles. The Hall–Kier alpha value is -1.31. The fourth-order valence-corrected chi connectivity index (χ4v) is 2.59. The molecule has 0 radical (unpaired) electrons. The van der Waals surface area contributed by atoms with Crippen LogP contribution in [-0.4, -0.2) is 19.4 Å². The van der Waals surface area contributed by atoms with Crippen LogP contribution in [0.15, 0.2) is 17.1 Å². The number of benzene rings is 1. The number of aliphatic imine (C=N–C) groups is 1. The zero-order chi connectivity index (χ0) is 11.8. The van der Waals surface area contributed by atoms with E-state index in [0.717, 1.165) is 24.5 Å². The van der Waals surface area contributed by atoms with Crippen LogP contribution >= 0.6 is 0 Å². The number of nitrogens with zero attached hydrogens (tertiary/aromatic N) is 1. The molecule has 0 unspecified atom stereocenters. The first-order valence-corrected chi connectivity index (χ1v) is 6.55. The zero-order valence-electron chi connectivity index (χ0n) is 10.6. The van der Waals surface area contributed by atoms with Crippen molar-refractivity contribution < 1.29 is 4.74 Å². The summed E-state index contributed by atoms with van der Waals surface area (Å²) in [6.07, 6.45) is 6.85. The second-order valence-corrected chi connectivity index (χ2v) is 5.11. The highest BCUT2D eigenvalue weighted by Crippen LogP contribution is 2.45. The van der Waals surface area contributed by atoms with Gasteiger partial charge in [0, 0.05) is 6.21 Å². The first-order chi connectivity index (χ1) is 8.31. The maximum Gasteiger partial charge on any atom is 0.122 e. The highest BCUT2D eigenvalue weighted by atomic mass is 16.5. The molecule has 0 spiro atoms. The minimum Gasteiger partial charge on any atom is -0.496 e. The average molecular weight is 229 g/mol. The van der Waals surface area contributed by atoms with E-state index in [9.17, 15) is 0 Å². The van der Waals surface area contributed by atoms with Crippen molar-refractivity contribution in [2.24, 2.45) is 4.99 Å². The highest BCUT2D eigenvalue weighted by Gasteiger charge is 2.28. The van der Waals surface area contributed by atoms with Gasteiger partial charge in [0.1, 0.15) is 5.75 Å². The van der Waals surface area contributed by atoms with Crippen molar-refractivity contribution in [2.75, 3.05) is 7.11 Å². The molecule has 3 rings (SSSR count). The number of hydrogen-bond donors (Lipinski definition) is 0. The molecule has 1 aromatic rings. The Bertz CT molecular complexity index is 460. The summed E-state index contributed by atoms with van der Waals surface area (Å²) in [6.45, 7) is 2.20. The summed E-state index contributed by atoms with van der Waals surface area (Å²) in [5.74, 6) is 1.81. The van der Waals surface area contributed by atoms with Crippen LogP contribution in [0.2, 0.25) is 0 Å². The summed E-state index contributed by atoms with van der Waals surface area (Å²) in [6, 6.07) is 4.98. The lowest BCUT2D eigenvalue weighted by atomic mass is 9.93. The van der Waals surface area contributed by atoms with Gasteiger partial charge in [-0.15, -0.1) is 0 Å². The van der Waals surface area contributed by atoms with Gasteiger partial charge in [-0.3, -0.25) is 4.99 Å². The molecule has 1 heterocycles. The van der Waals surface area contributed by atoms with Crippen molar-refractivity contribution in [1.29, 1.82) is 0 Å². The standard InChI is InChI=1S/C15H19NO/c1-3-13-6-11-8-15(17-2)14(10-4-5-10)7-12(11)9-16-13/h7-10,13H,3-6H2,1-2H3/t13-/m0/s1. The molecule has 0 N–H and O–H groups in total. The maximum atomic E-state index is 5.54. The quantitative estimate of drug-likeness (QED) is 0.779. The van der Waals surface area contributed by atoms with Gasteiger partial charge in [0.15, 0.2) is 0 Å². The Morgan fingerprint density at radius 3 is 2.82 bits per heavy atom. The second kappa shape index (κ2) is 4.17. The van der Waals surface area contributed by atoms with E-state index in [2.05, 4.69) is 30.3 Å². The smallest absolute Gasteiger partial charge is 0.122 e. The van der Waals surface area contributed by atoms with Crippen molar-refractivity contribution in [3.05, 3.63) is 28.8 Å². The summed E-state index contributed by atoms with van der Waals surface area (Å²) in [7, 11) is 1.78. The van der Waals surface area contributed by atoms with Gasteiger partial charge >= 0.3 is 0 Å².